The van der Waals surface area contributed by atoms with Crippen LogP contribution >= 0.6 is 0 Å². The zero-order valence-electron chi connectivity index (χ0n) is 14.1. The third-order valence-corrected chi connectivity index (χ3v) is 3.32. The van der Waals surface area contributed by atoms with Gasteiger partial charge in [0.25, 0.3) is 0 Å². The molecule has 2 amide bonds. The summed E-state index contributed by atoms with van der Waals surface area (Å²) in [5.41, 5.74) is 0.723. The molecule has 2 rings (SSSR count). The molecule has 0 aliphatic carbocycles. The zero-order chi connectivity index (χ0) is 18.1. The number of benzene rings is 1. The molecular weight excluding hydrogens is 324 g/mol. The van der Waals surface area contributed by atoms with Gasteiger partial charge in [-0.3, -0.25) is 9.59 Å². The van der Waals surface area contributed by atoms with Crippen LogP contribution in [0.5, 0.6) is 11.5 Å². The van der Waals surface area contributed by atoms with Crippen LogP contribution in [0.15, 0.2) is 47.1 Å². The second-order valence-corrected chi connectivity index (χ2v) is 5.02. The first kappa shape index (κ1) is 18.1. The van der Waals surface area contributed by atoms with Gasteiger partial charge in [0.1, 0.15) is 17.3 Å². The number of furan rings is 1. The number of carbonyl (C=O) groups is 2. The van der Waals surface area contributed by atoms with E-state index in [1.54, 1.807) is 43.5 Å². The fourth-order valence-electron chi connectivity index (χ4n) is 2.01. The van der Waals surface area contributed by atoms with E-state index in [1.165, 1.54) is 19.4 Å². The van der Waals surface area contributed by atoms with Gasteiger partial charge in [0.15, 0.2) is 0 Å². The van der Waals surface area contributed by atoms with Crippen molar-refractivity contribution in [1.29, 1.82) is 0 Å². The average Bonchev–Trinajstić information content (AvgIpc) is 3.16. The highest BCUT2D eigenvalue weighted by atomic mass is 16.5. The molecule has 25 heavy (non-hydrogen) atoms. The molecule has 1 heterocycles. The highest BCUT2D eigenvalue weighted by Gasteiger charge is 2.05. The van der Waals surface area contributed by atoms with Crippen molar-refractivity contribution < 1.29 is 23.5 Å². The SMILES string of the molecule is COc1ccc(/C=C/C(=O)NCC(=O)NCc2ccco2)c(OC)c1. The van der Waals surface area contributed by atoms with Crippen molar-refractivity contribution in [3.8, 4) is 11.5 Å². The van der Waals surface area contributed by atoms with E-state index in [0.717, 1.165) is 5.56 Å². The van der Waals surface area contributed by atoms with Gasteiger partial charge in [-0.2, -0.15) is 0 Å². The van der Waals surface area contributed by atoms with Gasteiger partial charge in [0, 0.05) is 17.7 Å². The number of carbonyl (C=O) groups excluding carboxylic acids is 2. The second kappa shape index (κ2) is 9.17. The van der Waals surface area contributed by atoms with Crippen molar-refractivity contribution >= 4 is 17.9 Å². The van der Waals surface area contributed by atoms with E-state index in [9.17, 15) is 9.59 Å². The first-order valence-corrected chi connectivity index (χ1v) is 7.59. The summed E-state index contributed by atoms with van der Waals surface area (Å²) >= 11 is 0. The monoisotopic (exact) mass is 344 g/mol. The van der Waals surface area contributed by atoms with Crippen LogP contribution < -0.4 is 20.1 Å². The second-order valence-electron chi connectivity index (χ2n) is 5.02. The maximum Gasteiger partial charge on any atom is 0.244 e. The Hall–Kier alpha value is -3.22. The van der Waals surface area contributed by atoms with Crippen molar-refractivity contribution in [3.63, 3.8) is 0 Å². The van der Waals surface area contributed by atoms with Gasteiger partial charge in [-0.15, -0.1) is 0 Å². The number of methoxy groups -OCH3 is 2. The summed E-state index contributed by atoms with van der Waals surface area (Å²) in [4.78, 5) is 23.5. The molecule has 0 aliphatic rings. The van der Waals surface area contributed by atoms with Gasteiger partial charge in [0.2, 0.25) is 11.8 Å². The fourth-order valence-corrected chi connectivity index (χ4v) is 2.01. The molecule has 0 fully saturated rings. The first-order valence-electron chi connectivity index (χ1n) is 7.59. The number of hydrogen-bond donors (Lipinski definition) is 2. The van der Waals surface area contributed by atoms with Crippen molar-refractivity contribution in [2.45, 2.75) is 6.54 Å². The summed E-state index contributed by atoms with van der Waals surface area (Å²) in [6.45, 7) is 0.157. The average molecular weight is 344 g/mol. The minimum atomic E-state index is -0.383. The van der Waals surface area contributed by atoms with Crippen LogP contribution in [0.25, 0.3) is 6.08 Å². The van der Waals surface area contributed by atoms with E-state index in [-0.39, 0.29) is 24.9 Å². The molecule has 0 bridgehead atoms. The Morgan fingerprint density at radius 1 is 1.16 bits per heavy atom. The topological polar surface area (TPSA) is 89.8 Å². The van der Waals surface area contributed by atoms with E-state index in [1.807, 2.05) is 0 Å². The molecular formula is C18H20N2O5. The highest BCUT2D eigenvalue weighted by molar-refractivity contribution is 5.94. The lowest BCUT2D eigenvalue weighted by molar-refractivity contribution is -0.124. The summed E-state index contributed by atoms with van der Waals surface area (Å²) in [5.74, 6) is 1.20. The number of nitrogens with one attached hydrogen (secondary N) is 2. The predicted molar refractivity (Wildman–Crippen MR) is 92.1 cm³/mol. The molecule has 7 nitrogen and oxygen atoms in total. The molecule has 7 heteroatoms. The Balaban J connectivity index is 1.81. The molecule has 0 spiro atoms. The molecule has 0 atom stereocenters. The van der Waals surface area contributed by atoms with Gasteiger partial charge in [-0.05, 0) is 30.3 Å². The molecule has 0 unspecified atom stereocenters. The number of rotatable bonds is 8. The van der Waals surface area contributed by atoms with Crippen LogP contribution in [0.2, 0.25) is 0 Å². The summed E-state index contributed by atoms with van der Waals surface area (Å²) in [7, 11) is 3.10. The minimum Gasteiger partial charge on any atom is -0.497 e. The van der Waals surface area contributed by atoms with Gasteiger partial charge in [-0.25, -0.2) is 0 Å². The van der Waals surface area contributed by atoms with Crippen molar-refractivity contribution in [2.24, 2.45) is 0 Å². The van der Waals surface area contributed by atoms with Crippen molar-refractivity contribution in [1.82, 2.24) is 10.6 Å². The van der Waals surface area contributed by atoms with Gasteiger partial charge in [0.05, 0.1) is 33.6 Å². The summed E-state index contributed by atoms with van der Waals surface area (Å²) in [6.07, 6.45) is 4.47. The maximum absolute atomic E-state index is 11.8. The molecule has 132 valence electrons. The van der Waals surface area contributed by atoms with Gasteiger partial charge in [-0.1, -0.05) is 0 Å². The Labute approximate surface area is 145 Å². The molecule has 1 aromatic carbocycles. The van der Waals surface area contributed by atoms with Crippen LogP contribution in [-0.4, -0.2) is 32.6 Å². The van der Waals surface area contributed by atoms with E-state index >= 15 is 0 Å². The Morgan fingerprint density at radius 2 is 2.00 bits per heavy atom. The van der Waals surface area contributed by atoms with Crippen LogP contribution in [0.4, 0.5) is 0 Å². The van der Waals surface area contributed by atoms with E-state index < -0.39 is 0 Å². The number of amides is 2. The Kier molecular flexibility index (Phi) is 6.65. The smallest absolute Gasteiger partial charge is 0.244 e. The van der Waals surface area contributed by atoms with Gasteiger partial charge < -0.3 is 24.5 Å². The molecule has 2 aromatic rings. The third kappa shape index (κ3) is 5.72. The molecule has 0 aliphatic heterocycles. The summed E-state index contributed by atoms with van der Waals surface area (Å²) in [6, 6.07) is 8.75. The standard InChI is InChI=1S/C18H20N2O5/c1-23-14-7-5-13(16(10-14)24-2)6-8-17(21)20-12-18(22)19-11-15-4-3-9-25-15/h3-10H,11-12H2,1-2H3,(H,19,22)(H,20,21)/b8-6+. The molecule has 0 saturated carbocycles. The largest absolute Gasteiger partial charge is 0.497 e. The van der Waals surface area contributed by atoms with E-state index in [0.29, 0.717) is 17.3 Å². The van der Waals surface area contributed by atoms with E-state index in [2.05, 4.69) is 10.6 Å². The van der Waals surface area contributed by atoms with Crippen LogP contribution in [0.3, 0.4) is 0 Å². The minimum absolute atomic E-state index is 0.121. The molecule has 2 N–H and O–H groups in total. The lowest BCUT2D eigenvalue weighted by atomic mass is 10.1. The van der Waals surface area contributed by atoms with Crippen LogP contribution in [0.1, 0.15) is 11.3 Å². The normalized spacial score (nSPS) is 10.5. The third-order valence-electron chi connectivity index (χ3n) is 3.32. The Bertz CT molecular complexity index is 738. The van der Waals surface area contributed by atoms with Gasteiger partial charge >= 0.3 is 0 Å². The number of ether oxygens (including phenoxy) is 2. The molecule has 0 radical (unpaired) electrons. The fraction of sp³-hybridized carbons (Fsp3) is 0.222. The molecule has 1 aromatic heterocycles. The number of hydrogen-bond acceptors (Lipinski definition) is 5. The molecule has 0 saturated heterocycles. The zero-order valence-corrected chi connectivity index (χ0v) is 14.1. The highest BCUT2D eigenvalue weighted by Crippen LogP contribution is 2.25. The predicted octanol–water partition coefficient (Wildman–Crippen LogP) is 1.74. The lowest BCUT2D eigenvalue weighted by Crippen LogP contribution is -2.35. The lowest BCUT2D eigenvalue weighted by Gasteiger charge is -2.07. The quantitative estimate of drug-likeness (QED) is 0.712. The van der Waals surface area contributed by atoms with E-state index in [4.69, 9.17) is 13.9 Å². The maximum atomic E-state index is 11.8. The first-order chi connectivity index (χ1) is 12.1. The Morgan fingerprint density at radius 3 is 2.68 bits per heavy atom. The van der Waals surface area contributed by atoms with Crippen molar-refractivity contribution in [3.05, 3.63) is 54.0 Å². The van der Waals surface area contributed by atoms with Crippen LogP contribution in [-0.2, 0) is 16.1 Å². The summed E-state index contributed by atoms with van der Waals surface area (Å²) in [5, 5.41) is 5.15. The van der Waals surface area contributed by atoms with Crippen LogP contribution in [0, 0.1) is 0 Å². The van der Waals surface area contributed by atoms with Crippen molar-refractivity contribution in [2.75, 3.05) is 20.8 Å². The summed E-state index contributed by atoms with van der Waals surface area (Å²) < 4.78 is 15.5.